The molecule has 33 heavy (non-hydrogen) atoms. The summed E-state index contributed by atoms with van der Waals surface area (Å²) in [5.41, 5.74) is 0.462. The van der Waals surface area contributed by atoms with Gasteiger partial charge in [-0.15, -0.1) is 0 Å². The van der Waals surface area contributed by atoms with Crippen LogP contribution in [0.5, 0.6) is 5.75 Å². The summed E-state index contributed by atoms with van der Waals surface area (Å²) in [4.78, 5) is 42.3. The van der Waals surface area contributed by atoms with Crippen LogP contribution in [0.25, 0.3) is 0 Å². The van der Waals surface area contributed by atoms with E-state index in [1.165, 1.54) is 0 Å². The number of anilines is 2. The minimum absolute atomic E-state index is 0.0418. The Morgan fingerprint density at radius 3 is 2.64 bits per heavy atom. The number of nitrogens with zero attached hydrogens (tertiary/aromatic N) is 2. The number of carbonyl (C=O) groups excluding carboxylic acids is 3. The molecule has 2 unspecified atom stereocenters. The quantitative estimate of drug-likeness (QED) is 0.604. The number of ether oxygens (including phenoxy) is 2. The Hall–Kier alpha value is -2.45. The number of piperidine rings is 1. The normalized spacial score (nSPS) is 24.1. The van der Waals surface area contributed by atoms with E-state index >= 15 is 0 Å². The maximum atomic E-state index is 13.6. The molecule has 180 valence electrons. The number of benzene rings is 1. The Labute approximate surface area is 195 Å². The number of fused-ring (bicyclic) bond motifs is 1. The van der Waals surface area contributed by atoms with Gasteiger partial charge in [0.05, 0.1) is 18.2 Å². The zero-order valence-electron chi connectivity index (χ0n) is 20.1. The van der Waals surface area contributed by atoms with Crippen molar-refractivity contribution >= 4 is 29.0 Å². The molecule has 1 aromatic carbocycles. The summed E-state index contributed by atoms with van der Waals surface area (Å²) in [5, 5.41) is 3.26. The number of Topliss-reactive ketones (excluding diaryl/α,β-unsaturated/α-hetero) is 1. The number of hydrogen-bond donors (Lipinski definition) is 1. The highest BCUT2D eigenvalue weighted by molar-refractivity contribution is 6.04. The monoisotopic (exact) mass is 457 g/mol. The standard InChI is InChI=1S/C25H35N3O5/c1-5-32-11-10-27-21-13-20(8-9-22(21)33-25(3,4)24(27)31)28(19-6-7-19)23(30)18-12-17(16(2)29)14-26-15-18/h8-9,13,17-19,26H,5-7,10-12,14-15H2,1-4H3. The SMILES string of the molecule is CCOCCN1C(=O)C(C)(C)Oc2ccc(N(C(=O)C3CNCC(C(C)=O)C3)C3CC3)cc21. The Morgan fingerprint density at radius 1 is 1.24 bits per heavy atom. The van der Waals surface area contributed by atoms with Crippen LogP contribution in [0.2, 0.25) is 0 Å². The molecule has 8 heteroatoms. The third kappa shape index (κ3) is 4.92. The zero-order valence-corrected chi connectivity index (χ0v) is 20.1. The van der Waals surface area contributed by atoms with Crippen LogP contribution in [-0.2, 0) is 19.1 Å². The van der Waals surface area contributed by atoms with Gasteiger partial charge in [-0.1, -0.05) is 0 Å². The van der Waals surface area contributed by atoms with Crippen molar-refractivity contribution in [1.82, 2.24) is 5.32 Å². The molecular formula is C25H35N3O5. The van der Waals surface area contributed by atoms with Crippen LogP contribution in [0, 0.1) is 11.8 Å². The minimum Gasteiger partial charge on any atom is -0.476 e. The second-order valence-electron chi connectivity index (χ2n) is 9.76. The summed E-state index contributed by atoms with van der Waals surface area (Å²) in [6, 6.07) is 5.80. The van der Waals surface area contributed by atoms with Crippen molar-refractivity contribution in [3.05, 3.63) is 18.2 Å². The fourth-order valence-corrected chi connectivity index (χ4v) is 4.72. The van der Waals surface area contributed by atoms with E-state index in [-0.39, 0.29) is 35.5 Å². The summed E-state index contributed by atoms with van der Waals surface area (Å²) in [6.07, 6.45) is 2.48. The number of amides is 2. The molecule has 2 fully saturated rings. The molecule has 3 aliphatic rings. The van der Waals surface area contributed by atoms with E-state index in [1.54, 1.807) is 25.7 Å². The third-order valence-electron chi connectivity index (χ3n) is 6.72. The van der Waals surface area contributed by atoms with Crippen LogP contribution in [0.4, 0.5) is 11.4 Å². The molecule has 4 rings (SSSR count). The first-order valence-electron chi connectivity index (χ1n) is 12.0. The van der Waals surface area contributed by atoms with E-state index in [9.17, 15) is 14.4 Å². The Kier molecular flexibility index (Phi) is 6.77. The largest absolute Gasteiger partial charge is 0.476 e. The fraction of sp³-hybridized carbons (Fsp3) is 0.640. The third-order valence-corrected chi connectivity index (χ3v) is 6.72. The molecule has 1 saturated heterocycles. The van der Waals surface area contributed by atoms with Gasteiger partial charge in [0.1, 0.15) is 11.5 Å². The maximum Gasteiger partial charge on any atom is 0.270 e. The van der Waals surface area contributed by atoms with Crippen LogP contribution in [0.15, 0.2) is 18.2 Å². The van der Waals surface area contributed by atoms with Crippen molar-refractivity contribution < 1.29 is 23.9 Å². The average molecular weight is 458 g/mol. The number of nitrogens with one attached hydrogen (secondary N) is 1. The lowest BCUT2D eigenvalue weighted by atomic mass is 9.87. The van der Waals surface area contributed by atoms with Crippen molar-refractivity contribution in [3.8, 4) is 5.75 Å². The Morgan fingerprint density at radius 2 is 1.97 bits per heavy atom. The van der Waals surface area contributed by atoms with E-state index in [0.29, 0.717) is 50.7 Å². The van der Waals surface area contributed by atoms with Gasteiger partial charge >= 0.3 is 0 Å². The van der Waals surface area contributed by atoms with Crippen LogP contribution in [0.3, 0.4) is 0 Å². The molecule has 2 amide bonds. The van der Waals surface area contributed by atoms with Crippen LogP contribution >= 0.6 is 0 Å². The van der Waals surface area contributed by atoms with Crippen LogP contribution < -0.4 is 19.9 Å². The first-order valence-corrected chi connectivity index (χ1v) is 12.0. The average Bonchev–Trinajstić information content (AvgIpc) is 3.62. The van der Waals surface area contributed by atoms with Gasteiger partial charge in [-0.25, -0.2) is 0 Å². The van der Waals surface area contributed by atoms with Crippen LogP contribution in [-0.4, -0.2) is 62.1 Å². The van der Waals surface area contributed by atoms with Crippen molar-refractivity contribution in [2.75, 3.05) is 42.6 Å². The molecule has 1 N–H and O–H groups in total. The predicted octanol–water partition coefficient (Wildman–Crippen LogP) is 2.54. The highest BCUT2D eigenvalue weighted by atomic mass is 16.5. The lowest BCUT2D eigenvalue weighted by Crippen LogP contribution is -2.53. The summed E-state index contributed by atoms with van der Waals surface area (Å²) in [5.74, 6) is 0.292. The van der Waals surface area contributed by atoms with Gasteiger partial charge in [-0.3, -0.25) is 14.4 Å². The topological polar surface area (TPSA) is 88.2 Å². The maximum absolute atomic E-state index is 13.6. The predicted molar refractivity (Wildman–Crippen MR) is 126 cm³/mol. The first kappa shape index (κ1) is 23.7. The lowest BCUT2D eigenvalue weighted by molar-refractivity contribution is -0.133. The molecule has 8 nitrogen and oxygen atoms in total. The van der Waals surface area contributed by atoms with Crippen LogP contribution in [0.1, 0.15) is 47.0 Å². The first-order chi connectivity index (χ1) is 15.7. The molecule has 2 atom stereocenters. The van der Waals surface area contributed by atoms with E-state index in [1.807, 2.05) is 30.0 Å². The minimum atomic E-state index is -0.970. The van der Waals surface area contributed by atoms with E-state index < -0.39 is 5.60 Å². The van der Waals surface area contributed by atoms with Gasteiger partial charge in [0.2, 0.25) is 5.91 Å². The summed E-state index contributed by atoms with van der Waals surface area (Å²) < 4.78 is 11.5. The summed E-state index contributed by atoms with van der Waals surface area (Å²) in [7, 11) is 0. The molecule has 2 heterocycles. The highest BCUT2D eigenvalue weighted by Crippen LogP contribution is 2.42. The van der Waals surface area contributed by atoms with Gasteiger partial charge in [0.25, 0.3) is 5.91 Å². The second-order valence-corrected chi connectivity index (χ2v) is 9.76. The molecule has 0 radical (unpaired) electrons. The lowest BCUT2D eigenvalue weighted by Gasteiger charge is -2.39. The number of carbonyl (C=O) groups is 3. The van der Waals surface area contributed by atoms with E-state index in [4.69, 9.17) is 9.47 Å². The van der Waals surface area contributed by atoms with Crippen molar-refractivity contribution in [3.63, 3.8) is 0 Å². The van der Waals surface area contributed by atoms with Gasteiger partial charge in [0, 0.05) is 43.9 Å². The number of ketones is 1. The molecule has 1 saturated carbocycles. The molecule has 0 bridgehead atoms. The fourth-order valence-electron chi connectivity index (χ4n) is 4.72. The van der Waals surface area contributed by atoms with Gasteiger partial charge < -0.3 is 24.6 Å². The van der Waals surface area contributed by atoms with E-state index in [2.05, 4.69) is 5.32 Å². The molecule has 1 aromatic rings. The highest BCUT2D eigenvalue weighted by Gasteiger charge is 2.43. The van der Waals surface area contributed by atoms with Crippen molar-refractivity contribution in [2.24, 2.45) is 11.8 Å². The Bertz CT molecular complexity index is 927. The molecular weight excluding hydrogens is 422 g/mol. The molecule has 0 aromatic heterocycles. The molecule has 2 aliphatic heterocycles. The molecule has 0 spiro atoms. The molecule has 1 aliphatic carbocycles. The van der Waals surface area contributed by atoms with Gasteiger partial charge in [0.15, 0.2) is 5.60 Å². The van der Waals surface area contributed by atoms with Crippen molar-refractivity contribution in [2.45, 2.75) is 58.6 Å². The smallest absolute Gasteiger partial charge is 0.270 e. The van der Waals surface area contributed by atoms with E-state index in [0.717, 1.165) is 18.5 Å². The van der Waals surface area contributed by atoms with Crippen molar-refractivity contribution in [1.29, 1.82) is 0 Å². The van der Waals surface area contributed by atoms with Gasteiger partial charge in [-0.05, 0) is 65.2 Å². The Balaban J connectivity index is 1.63. The second kappa shape index (κ2) is 9.43. The summed E-state index contributed by atoms with van der Waals surface area (Å²) in [6.45, 7) is 9.67. The van der Waals surface area contributed by atoms with Gasteiger partial charge in [-0.2, -0.15) is 0 Å². The number of rotatable bonds is 8. The zero-order chi connectivity index (χ0) is 23.8. The number of hydrogen-bond acceptors (Lipinski definition) is 6. The summed E-state index contributed by atoms with van der Waals surface area (Å²) >= 11 is 0.